The number of halogens is 2. The number of hydrogen-bond acceptors (Lipinski definition) is 7. The summed E-state index contributed by atoms with van der Waals surface area (Å²) in [6.45, 7) is -0.359. The molecule has 8 nitrogen and oxygen atoms in total. The van der Waals surface area contributed by atoms with Crippen molar-refractivity contribution in [2.45, 2.75) is 6.61 Å². The van der Waals surface area contributed by atoms with Crippen molar-refractivity contribution in [3.63, 3.8) is 0 Å². The number of amides is 3. The van der Waals surface area contributed by atoms with Crippen LogP contribution in [-0.2, 0) is 16.2 Å². The lowest BCUT2D eigenvalue weighted by molar-refractivity contribution is -0.127. The number of ether oxygens (including phenoxy) is 2. The van der Waals surface area contributed by atoms with Crippen LogP contribution in [-0.4, -0.2) is 35.6 Å². The fourth-order valence-corrected chi connectivity index (χ4v) is 4.53. The van der Waals surface area contributed by atoms with Gasteiger partial charge in [-0.15, -0.1) is 0 Å². The number of hydrogen-bond donors (Lipinski definition) is 1. The van der Waals surface area contributed by atoms with E-state index in [1.807, 2.05) is 6.07 Å². The van der Waals surface area contributed by atoms with E-state index in [0.717, 1.165) is 16.5 Å². The molecule has 3 aromatic rings. The van der Waals surface area contributed by atoms with Crippen molar-refractivity contribution >= 4 is 52.2 Å². The fourth-order valence-electron chi connectivity index (χ4n) is 3.51. The Balaban J connectivity index is 1.43. The summed E-state index contributed by atoms with van der Waals surface area (Å²) in [6, 6.07) is 17.8. The predicted molar refractivity (Wildman–Crippen MR) is 141 cm³/mol. The van der Waals surface area contributed by atoms with Crippen molar-refractivity contribution in [3.8, 4) is 17.6 Å². The topological polar surface area (TPSA) is 109 Å². The predicted octanol–water partition coefficient (Wildman–Crippen LogP) is 5.61. The monoisotopic (exact) mass is 551 g/mol. The van der Waals surface area contributed by atoms with Gasteiger partial charge in [-0.05, 0) is 59.8 Å². The summed E-state index contributed by atoms with van der Waals surface area (Å²) in [5.74, 6) is -1.08. The van der Waals surface area contributed by atoms with Gasteiger partial charge in [-0.3, -0.25) is 19.3 Å². The average Bonchev–Trinajstić information content (AvgIpc) is 3.17. The number of anilines is 1. The van der Waals surface area contributed by atoms with E-state index in [4.69, 9.17) is 21.1 Å². The lowest BCUT2D eigenvalue weighted by Gasteiger charge is -2.13. The van der Waals surface area contributed by atoms with Crippen molar-refractivity contribution < 1.29 is 28.2 Å². The van der Waals surface area contributed by atoms with Gasteiger partial charge >= 0.3 is 0 Å². The molecular weight excluding hydrogens is 533 g/mol. The normalized spacial score (nSPS) is 13.9. The Bertz CT molecular complexity index is 1500. The highest BCUT2D eigenvalue weighted by Gasteiger charge is 2.36. The highest BCUT2D eigenvalue weighted by molar-refractivity contribution is 8.18. The van der Waals surface area contributed by atoms with Crippen LogP contribution >= 0.6 is 23.4 Å². The molecule has 3 aromatic carbocycles. The maximum absolute atomic E-state index is 13.3. The second-order valence-corrected chi connectivity index (χ2v) is 9.31. The van der Waals surface area contributed by atoms with E-state index in [0.29, 0.717) is 34.4 Å². The first-order chi connectivity index (χ1) is 18.3. The third kappa shape index (κ3) is 6.14. The summed E-state index contributed by atoms with van der Waals surface area (Å²) in [6.07, 6.45) is 1.51. The summed E-state index contributed by atoms with van der Waals surface area (Å²) in [5.41, 5.74) is 2.03. The van der Waals surface area contributed by atoms with Gasteiger partial charge in [0.2, 0.25) is 5.91 Å². The lowest BCUT2D eigenvalue weighted by atomic mass is 10.1. The largest absolute Gasteiger partial charge is 0.493 e. The molecule has 1 saturated heterocycles. The molecular formula is C27H19ClFN3O5S. The minimum atomic E-state index is -0.641. The maximum Gasteiger partial charge on any atom is 0.294 e. The highest BCUT2D eigenvalue weighted by Crippen LogP contribution is 2.35. The zero-order chi connectivity index (χ0) is 27.2. The summed E-state index contributed by atoms with van der Waals surface area (Å²) in [5, 5.41) is 11.0. The Hall–Kier alpha value is -4.33. The van der Waals surface area contributed by atoms with E-state index >= 15 is 0 Å². The fraction of sp³-hybridized carbons (Fsp3) is 0.111. The van der Waals surface area contributed by atoms with Gasteiger partial charge in [0.25, 0.3) is 11.1 Å². The zero-order valence-corrected chi connectivity index (χ0v) is 21.4. The minimum absolute atomic E-state index is 0.131. The van der Waals surface area contributed by atoms with Crippen LogP contribution in [0, 0.1) is 17.1 Å². The van der Waals surface area contributed by atoms with E-state index in [2.05, 4.69) is 11.4 Å². The first-order valence-corrected chi connectivity index (χ1v) is 12.3. The molecule has 38 heavy (non-hydrogen) atoms. The molecule has 0 aliphatic carbocycles. The zero-order valence-electron chi connectivity index (χ0n) is 19.9. The molecule has 0 bridgehead atoms. The quantitative estimate of drug-likeness (QED) is 0.362. The first kappa shape index (κ1) is 26.7. The highest BCUT2D eigenvalue weighted by atomic mass is 35.5. The van der Waals surface area contributed by atoms with Crippen LogP contribution in [0.15, 0.2) is 65.6 Å². The summed E-state index contributed by atoms with van der Waals surface area (Å²) in [4.78, 5) is 38.6. The van der Waals surface area contributed by atoms with Crippen LogP contribution in [0.5, 0.6) is 11.5 Å². The second-order valence-electron chi connectivity index (χ2n) is 7.91. The molecule has 1 aliphatic rings. The molecule has 1 N–H and O–H groups in total. The van der Waals surface area contributed by atoms with Gasteiger partial charge in [0.1, 0.15) is 19.0 Å². The molecule has 11 heteroatoms. The third-order valence-corrected chi connectivity index (χ3v) is 6.58. The van der Waals surface area contributed by atoms with E-state index in [1.165, 1.54) is 25.3 Å². The van der Waals surface area contributed by atoms with Crippen LogP contribution in [0.3, 0.4) is 0 Å². The van der Waals surface area contributed by atoms with Gasteiger partial charge in [-0.1, -0.05) is 35.9 Å². The van der Waals surface area contributed by atoms with Gasteiger partial charge in [0.15, 0.2) is 11.5 Å². The molecule has 1 heterocycles. The van der Waals surface area contributed by atoms with Crippen molar-refractivity contribution in [3.05, 3.63) is 93.1 Å². The number of nitrogens with one attached hydrogen (secondary N) is 1. The maximum atomic E-state index is 13.3. The van der Waals surface area contributed by atoms with Crippen LogP contribution in [0.1, 0.15) is 16.7 Å². The molecule has 4 rings (SSSR count). The van der Waals surface area contributed by atoms with Gasteiger partial charge in [0, 0.05) is 11.3 Å². The molecule has 0 unspecified atom stereocenters. The van der Waals surface area contributed by atoms with Crippen LogP contribution in [0.4, 0.5) is 14.9 Å². The Morgan fingerprint density at radius 3 is 2.68 bits per heavy atom. The molecule has 0 saturated carbocycles. The molecule has 0 spiro atoms. The van der Waals surface area contributed by atoms with Gasteiger partial charge in [-0.25, -0.2) is 4.39 Å². The molecule has 0 atom stereocenters. The number of carbonyl (C=O) groups excluding carboxylic acids is 3. The lowest BCUT2D eigenvalue weighted by Crippen LogP contribution is -2.36. The number of benzene rings is 3. The summed E-state index contributed by atoms with van der Waals surface area (Å²) >= 11 is 6.42. The van der Waals surface area contributed by atoms with E-state index in [-0.39, 0.29) is 22.2 Å². The minimum Gasteiger partial charge on any atom is -0.493 e. The standard InChI is InChI=1S/C27H19ClFN3O5S/c1-36-23-10-16(6-9-22(23)37-15-18-5-3-2-4-17(18)13-30)11-24-26(34)32(27(35)38-24)14-25(33)31-19-7-8-21(29)20(28)12-19/h2-12H,14-15H2,1H3,(H,31,33)/b24-11-. The summed E-state index contributed by atoms with van der Waals surface area (Å²) in [7, 11) is 1.47. The van der Waals surface area contributed by atoms with Gasteiger partial charge in [-0.2, -0.15) is 5.26 Å². The Morgan fingerprint density at radius 1 is 1.16 bits per heavy atom. The van der Waals surface area contributed by atoms with Crippen LogP contribution in [0.2, 0.25) is 5.02 Å². The Kier molecular flexibility index (Phi) is 8.31. The average molecular weight is 552 g/mol. The molecule has 0 aromatic heterocycles. The number of carbonyl (C=O) groups is 3. The smallest absolute Gasteiger partial charge is 0.294 e. The Morgan fingerprint density at radius 2 is 1.95 bits per heavy atom. The van der Waals surface area contributed by atoms with E-state index in [1.54, 1.807) is 36.4 Å². The molecule has 1 fully saturated rings. The Labute approximate surface area is 226 Å². The second kappa shape index (κ2) is 11.8. The molecule has 3 amide bonds. The van der Waals surface area contributed by atoms with E-state index in [9.17, 15) is 24.0 Å². The van der Waals surface area contributed by atoms with Crippen molar-refractivity contribution in [1.82, 2.24) is 4.90 Å². The number of nitrogens with zero attached hydrogens (tertiary/aromatic N) is 2. The SMILES string of the molecule is COc1cc(/C=C2\SC(=O)N(CC(=O)Nc3ccc(F)c(Cl)c3)C2=O)ccc1OCc1ccccc1C#N. The van der Waals surface area contributed by atoms with Crippen molar-refractivity contribution in [2.75, 3.05) is 19.0 Å². The van der Waals surface area contributed by atoms with Crippen LogP contribution in [0.25, 0.3) is 6.08 Å². The molecule has 192 valence electrons. The van der Waals surface area contributed by atoms with Crippen molar-refractivity contribution in [2.24, 2.45) is 0 Å². The van der Waals surface area contributed by atoms with Gasteiger partial charge in [0.05, 0.1) is 28.7 Å². The number of rotatable bonds is 8. The molecule has 1 aliphatic heterocycles. The number of nitriles is 1. The van der Waals surface area contributed by atoms with Gasteiger partial charge < -0.3 is 14.8 Å². The number of methoxy groups -OCH3 is 1. The van der Waals surface area contributed by atoms with E-state index < -0.39 is 29.4 Å². The summed E-state index contributed by atoms with van der Waals surface area (Å²) < 4.78 is 24.6. The van der Waals surface area contributed by atoms with Crippen LogP contribution < -0.4 is 14.8 Å². The first-order valence-electron chi connectivity index (χ1n) is 11.1. The number of thioether (sulfide) groups is 1. The van der Waals surface area contributed by atoms with Crippen molar-refractivity contribution in [1.29, 1.82) is 5.26 Å². The number of imide groups is 1. The molecule has 0 radical (unpaired) electrons. The third-order valence-electron chi connectivity index (χ3n) is 5.39.